The zero-order chi connectivity index (χ0) is 12.0. The highest BCUT2D eigenvalue weighted by molar-refractivity contribution is 5.97. The molecule has 0 atom stereocenters. The van der Waals surface area contributed by atoms with Gasteiger partial charge in [-0.3, -0.25) is 4.79 Å². The number of hydrogen-bond donors (Lipinski definition) is 0. The smallest absolute Gasteiger partial charge is 0.426 e. The number of rotatable bonds is 4. The predicted octanol–water partition coefficient (Wildman–Crippen LogP) is 2.56. The molecule has 84 valence electrons. The number of carbonyl (C=O) groups excluding carboxylic acids is 2. The van der Waals surface area contributed by atoms with E-state index in [1.54, 1.807) is 30.3 Å². The number of carbonyl (C=O) groups is 2. The Morgan fingerprint density at radius 1 is 1.25 bits per heavy atom. The SMILES string of the molecule is C=C(C)OC(=O)OCC(=O)c1ccccc1. The van der Waals surface area contributed by atoms with Crippen molar-refractivity contribution in [1.29, 1.82) is 0 Å². The van der Waals surface area contributed by atoms with Gasteiger partial charge in [0.2, 0.25) is 0 Å². The predicted molar refractivity (Wildman–Crippen MR) is 58.0 cm³/mol. The van der Waals surface area contributed by atoms with Crippen LogP contribution in [0.5, 0.6) is 0 Å². The highest BCUT2D eigenvalue weighted by atomic mass is 16.7. The Kier molecular flexibility index (Phi) is 4.27. The lowest BCUT2D eigenvalue weighted by Crippen LogP contribution is -2.14. The molecular weight excluding hydrogens is 208 g/mol. The lowest BCUT2D eigenvalue weighted by atomic mass is 10.1. The van der Waals surface area contributed by atoms with Gasteiger partial charge < -0.3 is 9.47 Å². The van der Waals surface area contributed by atoms with Crippen LogP contribution in [0.2, 0.25) is 0 Å². The van der Waals surface area contributed by atoms with Crippen molar-refractivity contribution in [3.05, 3.63) is 48.2 Å². The maximum Gasteiger partial charge on any atom is 0.513 e. The summed E-state index contributed by atoms with van der Waals surface area (Å²) in [6.45, 7) is 4.55. The van der Waals surface area contributed by atoms with Crippen LogP contribution >= 0.6 is 0 Å². The van der Waals surface area contributed by atoms with Crippen molar-refractivity contribution >= 4 is 11.9 Å². The van der Waals surface area contributed by atoms with Gasteiger partial charge in [0.25, 0.3) is 0 Å². The summed E-state index contributed by atoms with van der Waals surface area (Å²) in [7, 11) is 0. The summed E-state index contributed by atoms with van der Waals surface area (Å²) in [5.41, 5.74) is 0.491. The molecule has 0 saturated carbocycles. The first-order chi connectivity index (χ1) is 7.59. The Bertz CT molecular complexity index is 395. The largest absolute Gasteiger partial charge is 0.513 e. The van der Waals surface area contributed by atoms with Gasteiger partial charge >= 0.3 is 6.16 Å². The van der Waals surface area contributed by atoms with Crippen LogP contribution in [0.3, 0.4) is 0 Å². The second-order valence-electron chi connectivity index (χ2n) is 3.13. The van der Waals surface area contributed by atoms with E-state index < -0.39 is 6.16 Å². The Labute approximate surface area is 93.5 Å². The van der Waals surface area contributed by atoms with Crippen LogP contribution in [0.15, 0.2) is 42.7 Å². The van der Waals surface area contributed by atoms with E-state index in [-0.39, 0.29) is 18.1 Å². The molecule has 0 aliphatic rings. The number of hydrogen-bond acceptors (Lipinski definition) is 4. The molecule has 0 unspecified atom stereocenters. The number of Topliss-reactive ketones (excluding diaryl/α,β-unsaturated/α-hetero) is 1. The molecule has 0 aliphatic carbocycles. The van der Waals surface area contributed by atoms with Gasteiger partial charge in [0.15, 0.2) is 12.4 Å². The first kappa shape index (κ1) is 12.0. The molecule has 1 aromatic carbocycles. The first-order valence-electron chi connectivity index (χ1n) is 4.68. The summed E-state index contributed by atoms with van der Waals surface area (Å²) in [5.74, 6) is -0.0589. The minimum atomic E-state index is -0.920. The molecule has 4 nitrogen and oxygen atoms in total. The molecule has 4 heteroatoms. The average Bonchev–Trinajstić information content (AvgIpc) is 2.26. The standard InChI is InChI=1S/C12H12O4/c1-9(2)16-12(14)15-8-11(13)10-6-4-3-5-7-10/h3-7H,1,8H2,2H3. The topological polar surface area (TPSA) is 52.6 Å². The number of allylic oxidation sites excluding steroid dienone is 1. The number of benzene rings is 1. The van der Waals surface area contributed by atoms with Crippen molar-refractivity contribution in [3.63, 3.8) is 0 Å². The van der Waals surface area contributed by atoms with Crippen molar-refractivity contribution in [2.75, 3.05) is 6.61 Å². The summed E-state index contributed by atoms with van der Waals surface area (Å²) >= 11 is 0. The number of ketones is 1. The van der Waals surface area contributed by atoms with E-state index in [2.05, 4.69) is 16.1 Å². The molecule has 0 radical (unpaired) electrons. The van der Waals surface area contributed by atoms with Crippen molar-refractivity contribution in [1.82, 2.24) is 0 Å². The van der Waals surface area contributed by atoms with E-state index in [1.165, 1.54) is 6.92 Å². The fraction of sp³-hybridized carbons (Fsp3) is 0.167. The Morgan fingerprint density at radius 2 is 1.88 bits per heavy atom. The molecule has 0 heterocycles. The molecule has 0 fully saturated rings. The second-order valence-corrected chi connectivity index (χ2v) is 3.13. The summed E-state index contributed by atoms with van der Waals surface area (Å²) in [6, 6.07) is 8.57. The van der Waals surface area contributed by atoms with Crippen LogP contribution in [0.25, 0.3) is 0 Å². The van der Waals surface area contributed by atoms with Crippen molar-refractivity contribution in [3.8, 4) is 0 Å². The summed E-state index contributed by atoms with van der Waals surface area (Å²) in [5, 5.41) is 0. The van der Waals surface area contributed by atoms with Gasteiger partial charge in [-0.05, 0) is 6.92 Å². The molecule has 0 amide bonds. The molecule has 0 aromatic heterocycles. The molecule has 0 spiro atoms. The number of ether oxygens (including phenoxy) is 2. The van der Waals surface area contributed by atoms with E-state index in [9.17, 15) is 9.59 Å². The van der Waals surface area contributed by atoms with Gasteiger partial charge in [-0.1, -0.05) is 36.9 Å². The van der Waals surface area contributed by atoms with E-state index in [0.717, 1.165) is 0 Å². The maximum atomic E-state index is 11.5. The van der Waals surface area contributed by atoms with Crippen LogP contribution in [0.1, 0.15) is 17.3 Å². The van der Waals surface area contributed by atoms with E-state index in [0.29, 0.717) is 5.56 Å². The van der Waals surface area contributed by atoms with Gasteiger partial charge in [0, 0.05) is 5.56 Å². The van der Waals surface area contributed by atoms with Crippen molar-refractivity contribution < 1.29 is 19.1 Å². The molecule has 1 aromatic rings. The van der Waals surface area contributed by atoms with Crippen LogP contribution < -0.4 is 0 Å². The molecule has 0 aliphatic heterocycles. The zero-order valence-corrected chi connectivity index (χ0v) is 8.93. The zero-order valence-electron chi connectivity index (χ0n) is 8.93. The summed E-state index contributed by atoms with van der Waals surface area (Å²) in [6.07, 6.45) is -0.920. The third-order valence-corrected chi connectivity index (χ3v) is 1.67. The maximum absolute atomic E-state index is 11.5. The Hall–Kier alpha value is -2.10. The third kappa shape index (κ3) is 3.96. The van der Waals surface area contributed by atoms with Crippen molar-refractivity contribution in [2.45, 2.75) is 6.92 Å². The fourth-order valence-corrected chi connectivity index (χ4v) is 1.00. The summed E-state index contributed by atoms with van der Waals surface area (Å²) in [4.78, 5) is 22.4. The van der Waals surface area contributed by atoms with Gasteiger partial charge in [0.1, 0.15) is 5.76 Å². The quantitative estimate of drug-likeness (QED) is 0.444. The van der Waals surface area contributed by atoms with Gasteiger partial charge in [-0.2, -0.15) is 0 Å². The molecule has 0 saturated heterocycles. The minimum absolute atomic E-state index is 0.220. The third-order valence-electron chi connectivity index (χ3n) is 1.67. The van der Waals surface area contributed by atoms with E-state index in [4.69, 9.17) is 0 Å². The van der Waals surface area contributed by atoms with Gasteiger partial charge in [0.05, 0.1) is 0 Å². The van der Waals surface area contributed by atoms with E-state index >= 15 is 0 Å². The highest BCUT2D eigenvalue weighted by Gasteiger charge is 2.10. The highest BCUT2D eigenvalue weighted by Crippen LogP contribution is 2.01. The Morgan fingerprint density at radius 3 is 2.44 bits per heavy atom. The second kappa shape index (κ2) is 5.70. The lowest BCUT2D eigenvalue weighted by Gasteiger charge is -2.04. The monoisotopic (exact) mass is 220 g/mol. The van der Waals surface area contributed by atoms with Crippen LogP contribution in [-0.4, -0.2) is 18.5 Å². The van der Waals surface area contributed by atoms with E-state index in [1.807, 2.05) is 0 Å². The molecule has 16 heavy (non-hydrogen) atoms. The van der Waals surface area contributed by atoms with Crippen LogP contribution in [-0.2, 0) is 9.47 Å². The lowest BCUT2D eigenvalue weighted by molar-refractivity contribution is 0.0639. The van der Waals surface area contributed by atoms with Gasteiger partial charge in [-0.25, -0.2) is 4.79 Å². The average molecular weight is 220 g/mol. The van der Waals surface area contributed by atoms with Crippen LogP contribution in [0.4, 0.5) is 4.79 Å². The molecule has 1 rings (SSSR count). The minimum Gasteiger partial charge on any atom is -0.426 e. The first-order valence-corrected chi connectivity index (χ1v) is 4.68. The fourth-order valence-electron chi connectivity index (χ4n) is 1.00. The molecule has 0 N–H and O–H groups in total. The normalized spacial score (nSPS) is 9.31. The summed E-state index contributed by atoms with van der Waals surface area (Å²) < 4.78 is 9.13. The van der Waals surface area contributed by atoms with Gasteiger partial charge in [-0.15, -0.1) is 0 Å². The van der Waals surface area contributed by atoms with Crippen LogP contribution in [0, 0.1) is 0 Å². The molecular formula is C12H12O4. The molecule has 0 bridgehead atoms. The van der Waals surface area contributed by atoms with Crippen molar-refractivity contribution in [2.24, 2.45) is 0 Å². The Balaban J connectivity index is 2.42.